The molecule has 0 aliphatic carbocycles. The van der Waals surface area contributed by atoms with E-state index < -0.39 is 0 Å². The van der Waals surface area contributed by atoms with E-state index in [1.54, 1.807) is 18.0 Å². The first-order valence-corrected chi connectivity index (χ1v) is 10.9. The van der Waals surface area contributed by atoms with Gasteiger partial charge in [0.15, 0.2) is 5.78 Å². The smallest absolute Gasteiger partial charge is 0.167 e. The molecule has 2 aromatic carbocycles. The Balaban J connectivity index is 1.42. The molecular weight excluding hydrogens is 366 g/mol. The minimum absolute atomic E-state index is 0.0863. The molecule has 2 heterocycles. The van der Waals surface area contributed by atoms with Gasteiger partial charge in [-0.05, 0) is 61.5 Å². The largest absolute Gasteiger partial charge is 0.298 e. The summed E-state index contributed by atoms with van der Waals surface area (Å²) >= 11 is 1.70. The first-order chi connectivity index (χ1) is 13.7. The van der Waals surface area contributed by atoms with Crippen LogP contribution in [-0.4, -0.2) is 39.8 Å². The van der Waals surface area contributed by atoms with Gasteiger partial charge in [0.1, 0.15) is 0 Å². The van der Waals surface area contributed by atoms with Crippen LogP contribution in [0.25, 0.3) is 5.69 Å². The fourth-order valence-corrected chi connectivity index (χ4v) is 4.29. The number of hydrogen-bond acceptors (Lipinski definition) is 4. The Morgan fingerprint density at radius 3 is 2.79 bits per heavy atom. The van der Waals surface area contributed by atoms with Gasteiger partial charge in [-0.3, -0.25) is 9.69 Å². The Kier molecular flexibility index (Phi) is 5.93. The van der Waals surface area contributed by atoms with Gasteiger partial charge in [0.2, 0.25) is 0 Å². The number of rotatable bonds is 6. The van der Waals surface area contributed by atoms with Crippen LogP contribution < -0.4 is 0 Å². The number of benzene rings is 2. The number of piperidine rings is 1. The van der Waals surface area contributed by atoms with Crippen LogP contribution >= 0.6 is 11.8 Å². The first-order valence-electron chi connectivity index (χ1n) is 9.72. The fraction of sp³-hybridized carbons (Fsp3) is 0.304. The van der Waals surface area contributed by atoms with Crippen molar-refractivity contribution in [3.05, 3.63) is 78.1 Å². The average molecular weight is 392 g/mol. The summed E-state index contributed by atoms with van der Waals surface area (Å²) in [5, 5.41) is 4.31. The molecule has 0 bridgehead atoms. The number of aromatic nitrogens is 2. The molecule has 5 heteroatoms. The van der Waals surface area contributed by atoms with E-state index in [1.165, 1.54) is 10.5 Å². The van der Waals surface area contributed by atoms with Gasteiger partial charge >= 0.3 is 0 Å². The second-order valence-electron chi connectivity index (χ2n) is 7.29. The molecule has 0 amide bonds. The molecule has 1 aromatic heterocycles. The molecule has 4 nitrogen and oxygen atoms in total. The third-order valence-corrected chi connectivity index (χ3v) is 6.08. The van der Waals surface area contributed by atoms with Gasteiger partial charge < -0.3 is 0 Å². The maximum atomic E-state index is 13.0. The van der Waals surface area contributed by atoms with Gasteiger partial charge in [-0.15, -0.1) is 11.8 Å². The van der Waals surface area contributed by atoms with Crippen molar-refractivity contribution in [1.82, 2.24) is 14.7 Å². The lowest BCUT2D eigenvalue weighted by Crippen LogP contribution is -2.38. The third kappa shape index (κ3) is 4.37. The summed E-state index contributed by atoms with van der Waals surface area (Å²) in [6, 6.07) is 18.4. The Morgan fingerprint density at radius 1 is 1.18 bits per heavy atom. The zero-order valence-corrected chi connectivity index (χ0v) is 16.9. The summed E-state index contributed by atoms with van der Waals surface area (Å²) in [5.41, 5.74) is 3.16. The molecule has 0 saturated carbocycles. The van der Waals surface area contributed by atoms with Crippen LogP contribution in [0.1, 0.15) is 28.8 Å². The summed E-state index contributed by atoms with van der Waals surface area (Å²) in [7, 11) is 0. The fourth-order valence-electron chi connectivity index (χ4n) is 3.88. The summed E-state index contributed by atoms with van der Waals surface area (Å²) in [5.74, 6) is 0.367. The topological polar surface area (TPSA) is 38.1 Å². The number of ketones is 1. The van der Waals surface area contributed by atoms with Crippen LogP contribution in [0, 0.1) is 5.92 Å². The molecule has 28 heavy (non-hydrogen) atoms. The number of nitrogens with zero attached hydrogens (tertiary/aromatic N) is 3. The van der Waals surface area contributed by atoms with E-state index in [2.05, 4.69) is 40.5 Å². The molecule has 1 fully saturated rings. The van der Waals surface area contributed by atoms with Crippen LogP contribution in [0.5, 0.6) is 0 Å². The summed E-state index contributed by atoms with van der Waals surface area (Å²) in [6.07, 6.45) is 7.85. The quantitative estimate of drug-likeness (QED) is 0.451. The highest BCUT2D eigenvalue weighted by atomic mass is 32.2. The average Bonchev–Trinajstić information content (AvgIpc) is 3.29. The number of hydrogen-bond donors (Lipinski definition) is 0. The van der Waals surface area contributed by atoms with Gasteiger partial charge in [0, 0.05) is 41.9 Å². The predicted octanol–water partition coefficient (Wildman–Crippen LogP) is 4.69. The highest BCUT2D eigenvalue weighted by Crippen LogP contribution is 2.24. The standard InChI is InChI=1S/C23H25N3OS/c1-28-22-10-8-19(9-11-22)23(27)20-6-3-13-25(17-20)16-18-5-2-7-21(15-18)26-14-4-12-24-26/h2,4-5,7-12,14-15,20H,3,6,13,16-17H2,1H3/t20-/m1/s1. The zero-order valence-electron chi connectivity index (χ0n) is 16.1. The van der Waals surface area contributed by atoms with Gasteiger partial charge in [0.05, 0.1) is 5.69 Å². The van der Waals surface area contributed by atoms with Crippen LogP contribution in [0.15, 0.2) is 71.9 Å². The van der Waals surface area contributed by atoms with Crippen molar-refractivity contribution in [2.75, 3.05) is 19.3 Å². The number of likely N-dealkylation sites (tertiary alicyclic amines) is 1. The highest BCUT2D eigenvalue weighted by Gasteiger charge is 2.26. The maximum absolute atomic E-state index is 13.0. The molecule has 1 atom stereocenters. The summed E-state index contributed by atoms with van der Waals surface area (Å²) < 4.78 is 1.88. The maximum Gasteiger partial charge on any atom is 0.167 e. The van der Waals surface area contributed by atoms with Gasteiger partial charge in [-0.2, -0.15) is 5.10 Å². The van der Waals surface area contributed by atoms with E-state index in [1.807, 2.05) is 41.2 Å². The van der Waals surface area contributed by atoms with Crippen molar-refractivity contribution < 1.29 is 4.79 Å². The lowest BCUT2D eigenvalue weighted by molar-refractivity contribution is 0.0811. The van der Waals surface area contributed by atoms with E-state index in [4.69, 9.17) is 0 Å². The Hall–Kier alpha value is -2.37. The van der Waals surface area contributed by atoms with Gasteiger partial charge in [-0.25, -0.2) is 4.68 Å². The number of carbonyl (C=O) groups is 1. The lowest BCUT2D eigenvalue weighted by atomic mass is 9.90. The first kappa shape index (κ1) is 19.0. The molecule has 1 aliphatic rings. The van der Waals surface area contributed by atoms with E-state index in [9.17, 15) is 4.79 Å². The number of Topliss-reactive ketones (excluding diaryl/α,β-unsaturated/α-hetero) is 1. The monoisotopic (exact) mass is 391 g/mol. The summed E-state index contributed by atoms with van der Waals surface area (Å²) in [4.78, 5) is 16.6. The van der Waals surface area contributed by atoms with Crippen molar-refractivity contribution in [2.24, 2.45) is 5.92 Å². The second kappa shape index (κ2) is 8.76. The van der Waals surface area contributed by atoms with Crippen molar-refractivity contribution in [3.8, 4) is 5.69 Å². The van der Waals surface area contributed by atoms with Crippen LogP contribution in [0.3, 0.4) is 0 Å². The van der Waals surface area contributed by atoms with Gasteiger partial charge in [0.25, 0.3) is 0 Å². The minimum atomic E-state index is 0.0863. The molecule has 1 saturated heterocycles. The van der Waals surface area contributed by atoms with E-state index in [0.29, 0.717) is 0 Å². The normalized spacial score (nSPS) is 17.5. The third-order valence-electron chi connectivity index (χ3n) is 5.34. The van der Waals surface area contributed by atoms with Crippen molar-refractivity contribution in [1.29, 1.82) is 0 Å². The van der Waals surface area contributed by atoms with E-state index in [0.717, 1.165) is 43.7 Å². The number of thioether (sulfide) groups is 1. The van der Waals surface area contributed by atoms with Gasteiger partial charge in [-0.1, -0.05) is 24.3 Å². The van der Waals surface area contributed by atoms with E-state index >= 15 is 0 Å². The molecule has 144 valence electrons. The summed E-state index contributed by atoms with van der Waals surface area (Å²) in [6.45, 7) is 2.74. The van der Waals surface area contributed by atoms with Crippen molar-refractivity contribution in [3.63, 3.8) is 0 Å². The van der Waals surface area contributed by atoms with Crippen LogP contribution in [-0.2, 0) is 6.54 Å². The predicted molar refractivity (Wildman–Crippen MR) is 114 cm³/mol. The minimum Gasteiger partial charge on any atom is -0.298 e. The molecule has 0 spiro atoms. The van der Waals surface area contributed by atoms with Crippen molar-refractivity contribution in [2.45, 2.75) is 24.3 Å². The molecule has 1 aliphatic heterocycles. The highest BCUT2D eigenvalue weighted by molar-refractivity contribution is 7.98. The second-order valence-corrected chi connectivity index (χ2v) is 8.17. The Bertz CT molecular complexity index is 921. The lowest BCUT2D eigenvalue weighted by Gasteiger charge is -2.32. The Labute approximate surface area is 170 Å². The number of carbonyl (C=O) groups excluding carboxylic acids is 1. The SMILES string of the molecule is CSc1ccc(C(=O)[C@@H]2CCCN(Cc3cccc(-n4cccn4)c3)C2)cc1. The molecule has 4 rings (SSSR count). The van der Waals surface area contributed by atoms with Crippen LogP contribution in [0.4, 0.5) is 0 Å². The molecule has 0 radical (unpaired) electrons. The molecule has 0 N–H and O–H groups in total. The van der Waals surface area contributed by atoms with Crippen LogP contribution in [0.2, 0.25) is 0 Å². The molecule has 0 unspecified atom stereocenters. The Morgan fingerprint density at radius 2 is 2.04 bits per heavy atom. The molecular formula is C23H25N3OS. The van der Waals surface area contributed by atoms with Crippen molar-refractivity contribution >= 4 is 17.5 Å². The van der Waals surface area contributed by atoms with E-state index in [-0.39, 0.29) is 11.7 Å². The zero-order chi connectivity index (χ0) is 19.3. The molecule has 3 aromatic rings.